The van der Waals surface area contributed by atoms with Crippen molar-refractivity contribution < 1.29 is 19.3 Å². The van der Waals surface area contributed by atoms with Gasteiger partial charge in [-0.3, -0.25) is 14.9 Å². The van der Waals surface area contributed by atoms with Crippen LogP contribution < -0.4 is 20.9 Å². The molecular weight excluding hydrogens is 332 g/mol. The van der Waals surface area contributed by atoms with E-state index in [4.69, 9.17) is 11.6 Å². The number of hydrogen-bond donors (Lipinski definition) is 4. The van der Waals surface area contributed by atoms with E-state index in [2.05, 4.69) is 16.0 Å². The summed E-state index contributed by atoms with van der Waals surface area (Å²) >= 11 is 5.78. The molecule has 0 aromatic heterocycles. The topological polar surface area (TPSA) is 91.7 Å². The number of nitrogens with one attached hydrogen (secondary N) is 4. The molecule has 7 nitrogen and oxygen atoms in total. The van der Waals surface area contributed by atoms with E-state index in [1.54, 1.807) is 31.3 Å². The molecule has 0 radical (unpaired) electrons. The minimum atomic E-state index is -0.521. The standard InChI is InChI=1S/C16H23ClN4O3/c1-4-11(2)18-16(24)20-15(23)10-21(3)9-14(22)19-13-7-5-12(17)6-8-13/h5-8,11H,4,9-10H2,1-3H3,(H,19,22)(H2,18,20,23,24)/p+1/t11-/m0/s1. The summed E-state index contributed by atoms with van der Waals surface area (Å²) in [5.41, 5.74) is 0.634. The van der Waals surface area contributed by atoms with Crippen molar-refractivity contribution in [2.45, 2.75) is 26.3 Å². The van der Waals surface area contributed by atoms with E-state index < -0.39 is 11.9 Å². The van der Waals surface area contributed by atoms with Crippen LogP contribution in [0.15, 0.2) is 24.3 Å². The van der Waals surface area contributed by atoms with Crippen molar-refractivity contribution in [1.29, 1.82) is 0 Å². The third-order valence-corrected chi connectivity index (χ3v) is 3.55. The highest BCUT2D eigenvalue weighted by Gasteiger charge is 2.16. The Hall–Kier alpha value is -2.12. The van der Waals surface area contributed by atoms with Gasteiger partial charge in [0.15, 0.2) is 13.1 Å². The molecule has 0 aliphatic rings. The van der Waals surface area contributed by atoms with E-state index in [9.17, 15) is 14.4 Å². The zero-order valence-electron chi connectivity index (χ0n) is 14.1. The van der Waals surface area contributed by atoms with Gasteiger partial charge in [0.2, 0.25) is 0 Å². The highest BCUT2D eigenvalue weighted by Crippen LogP contribution is 2.12. The summed E-state index contributed by atoms with van der Waals surface area (Å²) in [5.74, 6) is -0.667. The van der Waals surface area contributed by atoms with Gasteiger partial charge in [0.05, 0.1) is 7.05 Å². The average molecular weight is 356 g/mol. The molecule has 4 amide bonds. The van der Waals surface area contributed by atoms with Crippen molar-refractivity contribution in [2.24, 2.45) is 0 Å². The Balaban J connectivity index is 2.35. The summed E-state index contributed by atoms with van der Waals surface area (Å²) in [4.78, 5) is 35.9. The van der Waals surface area contributed by atoms with Crippen molar-refractivity contribution in [2.75, 3.05) is 25.5 Å². The van der Waals surface area contributed by atoms with Crippen molar-refractivity contribution in [3.05, 3.63) is 29.3 Å². The maximum atomic E-state index is 11.9. The Morgan fingerprint density at radius 2 is 1.71 bits per heavy atom. The number of benzene rings is 1. The maximum Gasteiger partial charge on any atom is 0.321 e. The number of imide groups is 1. The number of rotatable bonds is 7. The number of amides is 4. The van der Waals surface area contributed by atoms with Crippen LogP contribution in [0.5, 0.6) is 0 Å². The summed E-state index contributed by atoms with van der Waals surface area (Å²) in [6.45, 7) is 3.90. The molecule has 1 rings (SSSR count). The van der Waals surface area contributed by atoms with Crippen LogP contribution in [-0.2, 0) is 9.59 Å². The maximum absolute atomic E-state index is 11.9. The van der Waals surface area contributed by atoms with Gasteiger partial charge < -0.3 is 15.5 Å². The lowest BCUT2D eigenvalue weighted by molar-refractivity contribution is -0.862. The molecule has 0 aliphatic heterocycles. The number of carbonyl (C=O) groups is 3. The zero-order chi connectivity index (χ0) is 18.1. The van der Waals surface area contributed by atoms with Gasteiger partial charge in [-0.1, -0.05) is 18.5 Å². The second-order valence-corrected chi connectivity index (χ2v) is 6.13. The normalized spacial score (nSPS) is 12.8. The molecule has 0 heterocycles. The largest absolute Gasteiger partial charge is 0.335 e. The van der Waals surface area contributed by atoms with E-state index in [0.717, 1.165) is 6.42 Å². The van der Waals surface area contributed by atoms with Crippen molar-refractivity contribution >= 4 is 35.1 Å². The third kappa shape index (κ3) is 7.94. The molecule has 132 valence electrons. The number of carbonyl (C=O) groups excluding carboxylic acids is 3. The van der Waals surface area contributed by atoms with Crippen LogP contribution >= 0.6 is 11.6 Å². The second kappa shape index (κ2) is 9.89. The minimum absolute atomic E-state index is 0.00645. The van der Waals surface area contributed by atoms with E-state index in [0.29, 0.717) is 15.6 Å². The molecule has 0 bridgehead atoms. The van der Waals surface area contributed by atoms with E-state index in [1.165, 1.54) is 0 Å². The quantitative estimate of drug-likeness (QED) is 0.571. The van der Waals surface area contributed by atoms with Crippen LogP contribution in [0, 0.1) is 0 Å². The Bertz CT molecular complexity index is 577. The highest BCUT2D eigenvalue weighted by atomic mass is 35.5. The SMILES string of the molecule is CC[C@H](C)NC(=O)NC(=O)C[NH+](C)CC(=O)Nc1ccc(Cl)cc1. The predicted octanol–water partition coefficient (Wildman–Crippen LogP) is 0.418. The van der Waals surface area contributed by atoms with E-state index in [1.807, 2.05) is 13.8 Å². The summed E-state index contributed by atoms with van der Waals surface area (Å²) in [6, 6.07) is 6.22. The Morgan fingerprint density at radius 1 is 1.12 bits per heavy atom. The monoisotopic (exact) mass is 355 g/mol. The van der Waals surface area contributed by atoms with Gasteiger partial charge in [-0.25, -0.2) is 4.79 Å². The Morgan fingerprint density at radius 3 is 2.29 bits per heavy atom. The number of quaternary nitrogens is 1. The molecule has 2 atom stereocenters. The molecular formula is C16H24ClN4O3+. The van der Waals surface area contributed by atoms with E-state index >= 15 is 0 Å². The van der Waals surface area contributed by atoms with Gasteiger partial charge in [-0.2, -0.15) is 0 Å². The Kier molecular flexibility index (Phi) is 8.21. The highest BCUT2D eigenvalue weighted by molar-refractivity contribution is 6.30. The number of halogens is 1. The molecule has 0 saturated carbocycles. The molecule has 1 aromatic carbocycles. The fourth-order valence-corrected chi connectivity index (χ4v) is 2.01. The number of hydrogen-bond acceptors (Lipinski definition) is 3. The third-order valence-electron chi connectivity index (χ3n) is 3.30. The molecule has 4 N–H and O–H groups in total. The number of likely N-dealkylation sites (N-methyl/N-ethyl adjacent to an activating group) is 1. The van der Waals surface area contributed by atoms with Gasteiger partial charge in [-0.05, 0) is 37.6 Å². The summed E-state index contributed by atoms with van der Waals surface area (Å²) in [5, 5.41) is 8.20. The van der Waals surface area contributed by atoms with Gasteiger partial charge in [-0.15, -0.1) is 0 Å². The van der Waals surface area contributed by atoms with Crippen LogP contribution in [0.4, 0.5) is 10.5 Å². The number of urea groups is 1. The predicted molar refractivity (Wildman–Crippen MR) is 93.1 cm³/mol. The smallest absolute Gasteiger partial charge is 0.321 e. The second-order valence-electron chi connectivity index (χ2n) is 5.70. The molecule has 0 saturated heterocycles. The molecule has 0 spiro atoms. The summed E-state index contributed by atoms with van der Waals surface area (Å²) in [6.07, 6.45) is 0.775. The minimum Gasteiger partial charge on any atom is -0.335 e. The molecule has 1 aromatic rings. The van der Waals surface area contributed by atoms with Gasteiger partial charge in [0.1, 0.15) is 0 Å². The van der Waals surface area contributed by atoms with Crippen LogP contribution in [0.2, 0.25) is 5.02 Å². The number of anilines is 1. The van der Waals surface area contributed by atoms with Gasteiger partial charge >= 0.3 is 6.03 Å². The molecule has 1 unspecified atom stereocenters. The first-order valence-corrected chi connectivity index (χ1v) is 8.15. The fraction of sp³-hybridized carbons (Fsp3) is 0.438. The van der Waals surface area contributed by atoms with Crippen LogP contribution in [0.3, 0.4) is 0 Å². The van der Waals surface area contributed by atoms with Gasteiger partial charge in [0, 0.05) is 16.8 Å². The molecule has 8 heteroatoms. The molecule has 0 fully saturated rings. The van der Waals surface area contributed by atoms with Crippen LogP contribution in [0.1, 0.15) is 20.3 Å². The lowest BCUT2D eigenvalue weighted by atomic mass is 10.3. The first-order chi connectivity index (χ1) is 11.3. The zero-order valence-corrected chi connectivity index (χ0v) is 14.9. The van der Waals surface area contributed by atoms with Crippen LogP contribution in [0.25, 0.3) is 0 Å². The lowest BCUT2D eigenvalue weighted by Gasteiger charge is -2.15. The van der Waals surface area contributed by atoms with Gasteiger partial charge in [0.25, 0.3) is 11.8 Å². The van der Waals surface area contributed by atoms with Crippen LogP contribution in [-0.4, -0.2) is 44.0 Å². The molecule has 24 heavy (non-hydrogen) atoms. The van der Waals surface area contributed by atoms with Crippen molar-refractivity contribution in [3.8, 4) is 0 Å². The average Bonchev–Trinajstić information content (AvgIpc) is 2.48. The lowest BCUT2D eigenvalue weighted by Crippen LogP contribution is -3.11. The van der Waals surface area contributed by atoms with Crippen molar-refractivity contribution in [3.63, 3.8) is 0 Å². The first-order valence-electron chi connectivity index (χ1n) is 7.77. The fourth-order valence-electron chi connectivity index (χ4n) is 1.88. The van der Waals surface area contributed by atoms with Crippen molar-refractivity contribution in [1.82, 2.24) is 10.6 Å². The summed E-state index contributed by atoms with van der Waals surface area (Å²) in [7, 11) is 1.70. The summed E-state index contributed by atoms with van der Waals surface area (Å²) < 4.78 is 0. The molecule has 0 aliphatic carbocycles. The first kappa shape index (κ1) is 19.9. The van der Waals surface area contributed by atoms with E-state index in [-0.39, 0.29) is 25.0 Å². The Labute approximate surface area is 146 Å².